The van der Waals surface area contributed by atoms with Crippen molar-refractivity contribution in [2.45, 2.75) is 5.41 Å². The van der Waals surface area contributed by atoms with E-state index in [1.807, 2.05) is 0 Å². The molecular formula is C13H13NO5. The van der Waals surface area contributed by atoms with Crippen molar-refractivity contribution in [1.29, 1.82) is 0 Å². The number of rotatable bonds is 2. The fourth-order valence-electron chi connectivity index (χ4n) is 2.28. The molecule has 3 rings (SSSR count). The third-order valence-electron chi connectivity index (χ3n) is 3.44. The molecule has 0 saturated carbocycles. The summed E-state index contributed by atoms with van der Waals surface area (Å²) in [6.45, 7) is 0.581. The Morgan fingerprint density at radius 3 is 2.84 bits per heavy atom. The van der Waals surface area contributed by atoms with Crippen molar-refractivity contribution >= 4 is 17.6 Å². The van der Waals surface area contributed by atoms with Crippen LogP contribution in [0.15, 0.2) is 18.2 Å². The number of carbonyl (C=O) groups is 2. The zero-order valence-corrected chi connectivity index (χ0v) is 10.4. The largest absolute Gasteiger partial charge is 0.482 e. The first-order valence-corrected chi connectivity index (χ1v) is 5.89. The Kier molecular flexibility index (Phi) is 2.67. The van der Waals surface area contributed by atoms with E-state index in [-0.39, 0.29) is 31.7 Å². The van der Waals surface area contributed by atoms with Gasteiger partial charge in [0.15, 0.2) is 6.61 Å². The molecule has 0 bridgehead atoms. The summed E-state index contributed by atoms with van der Waals surface area (Å²) in [5, 5.41) is 2.72. The predicted octanol–water partition coefficient (Wildman–Crippen LogP) is 0.458. The highest BCUT2D eigenvalue weighted by molar-refractivity contribution is 5.96. The number of methoxy groups -OCH3 is 1. The topological polar surface area (TPSA) is 73.9 Å². The second kappa shape index (κ2) is 4.24. The average molecular weight is 263 g/mol. The summed E-state index contributed by atoms with van der Waals surface area (Å²) in [4.78, 5) is 23.2. The van der Waals surface area contributed by atoms with Crippen molar-refractivity contribution in [2.24, 2.45) is 0 Å². The van der Waals surface area contributed by atoms with Gasteiger partial charge in [0.05, 0.1) is 26.0 Å². The van der Waals surface area contributed by atoms with Crippen molar-refractivity contribution in [3.8, 4) is 5.75 Å². The quantitative estimate of drug-likeness (QED) is 0.785. The molecule has 0 radical (unpaired) electrons. The Hall–Kier alpha value is -2.08. The summed E-state index contributed by atoms with van der Waals surface area (Å²) in [7, 11) is 1.35. The van der Waals surface area contributed by atoms with Crippen molar-refractivity contribution in [3.05, 3.63) is 23.8 Å². The van der Waals surface area contributed by atoms with Crippen molar-refractivity contribution in [1.82, 2.24) is 0 Å². The molecule has 6 heteroatoms. The molecule has 6 nitrogen and oxygen atoms in total. The van der Waals surface area contributed by atoms with Crippen LogP contribution >= 0.6 is 0 Å². The van der Waals surface area contributed by atoms with Crippen molar-refractivity contribution in [2.75, 3.05) is 32.2 Å². The first kappa shape index (κ1) is 12.0. The maximum absolute atomic E-state index is 11.9. The molecule has 0 unspecified atom stereocenters. The lowest BCUT2D eigenvalue weighted by Gasteiger charge is -2.39. The van der Waals surface area contributed by atoms with Gasteiger partial charge >= 0.3 is 5.97 Å². The highest BCUT2D eigenvalue weighted by atomic mass is 16.5. The minimum Gasteiger partial charge on any atom is -0.482 e. The van der Waals surface area contributed by atoms with Crippen LogP contribution in [0.25, 0.3) is 0 Å². The van der Waals surface area contributed by atoms with E-state index in [0.717, 1.165) is 5.56 Å². The maximum Gasteiger partial charge on any atom is 0.321 e. The zero-order chi connectivity index (χ0) is 13.5. The minimum absolute atomic E-state index is 0.0115. The van der Waals surface area contributed by atoms with E-state index in [4.69, 9.17) is 14.2 Å². The van der Waals surface area contributed by atoms with Gasteiger partial charge in [-0.15, -0.1) is 0 Å². The first-order valence-electron chi connectivity index (χ1n) is 5.89. The number of ether oxygens (including phenoxy) is 3. The van der Waals surface area contributed by atoms with Gasteiger partial charge in [-0.05, 0) is 17.7 Å². The molecule has 0 aromatic heterocycles. The Balaban J connectivity index is 1.99. The number of nitrogens with one attached hydrogen (secondary N) is 1. The number of anilines is 1. The van der Waals surface area contributed by atoms with Gasteiger partial charge in [0.25, 0.3) is 5.91 Å². The number of esters is 1. The molecule has 1 saturated heterocycles. The molecule has 0 atom stereocenters. The van der Waals surface area contributed by atoms with E-state index in [1.165, 1.54) is 7.11 Å². The van der Waals surface area contributed by atoms with Crippen LogP contribution in [-0.2, 0) is 24.5 Å². The zero-order valence-electron chi connectivity index (χ0n) is 10.4. The summed E-state index contributed by atoms with van der Waals surface area (Å²) in [6, 6.07) is 5.29. The summed E-state index contributed by atoms with van der Waals surface area (Å²) in [5.41, 5.74) is 0.561. The van der Waals surface area contributed by atoms with E-state index in [2.05, 4.69) is 5.32 Å². The smallest absolute Gasteiger partial charge is 0.321 e. The highest BCUT2D eigenvalue weighted by Gasteiger charge is 2.49. The Labute approximate surface area is 109 Å². The van der Waals surface area contributed by atoms with Crippen LogP contribution in [0.3, 0.4) is 0 Å². The molecule has 1 N–H and O–H groups in total. The van der Waals surface area contributed by atoms with Gasteiger partial charge in [0.1, 0.15) is 11.2 Å². The van der Waals surface area contributed by atoms with E-state index in [0.29, 0.717) is 11.4 Å². The first-order chi connectivity index (χ1) is 9.15. The molecule has 1 fully saturated rings. The third-order valence-corrected chi connectivity index (χ3v) is 3.44. The van der Waals surface area contributed by atoms with Gasteiger partial charge in [-0.3, -0.25) is 9.59 Å². The summed E-state index contributed by atoms with van der Waals surface area (Å²) in [6.07, 6.45) is 0. The maximum atomic E-state index is 11.9. The Morgan fingerprint density at radius 1 is 1.42 bits per heavy atom. The standard InChI is InChI=1S/C13H13NO5/c1-17-12(16)13(6-18-7-13)8-2-3-10-9(4-8)14-11(15)5-19-10/h2-4H,5-7H2,1H3,(H,14,15). The SMILES string of the molecule is COC(=O)C1(c2ccc3c(c2)NC(=O)CO3)COC1. The number of benzene rings is 1. The molecule has 0 aliphatic carbocycles. The predicted molar refractivity (Wildman–Crippen MR) is 65.1 cm³/mol. The van der Waals surface area contributed by atoms with Gasteiger partial charge in [-0.25, -0.2) is 0 Å². The molecule has 2 aliphatic heterocycles. The third kappa shape index (κ3) is 1.76. The second-order valence-corrected chi connectivity index (χ2v) is 4.61. The molecule has 1 amide bonds. The normalized spacial score (nSPS) is 19.5. The number of fused-ring (bicyclic) bond motifs is 1. The van der Waals surface area contributed by atoms with Crippen molar-refractivity contribution < 1.29 is 23.8 Å². The van der Waals surface area contributed by atoms with E-state index in [1.54, 1.807) is 18.2 Å². The minimum atomic E-state index is -0.772. The molecule has 0 spiro atoms. The van der Waals surface area contributed by atoms with Crippen LogP contribution in [0, 0.1) is 0 Å². The number of carbonyl (C=O) groups excluding carboxylic acids is 2. The lowest BCUT2D eigenvalue weighted by atomic mass is 9.78. The fraction of sp³-hybridized carbons (Fsp3) is 0.385. The summed E-state index contributed by atoms with van der Waals surface area (Å²) in [5.74, 6) is 0.0620. The fourth-order valence-corrected chi connectivity index (χ4v) is 2.28. The van der Waals surface area contributed by atoms with E-state index < -0.39 is 5.41 Å². The molecule has 1 aromatic rings. The van der Waals surface area contributed by atoms with E-state index >= 15 is 0 Å². The highest BCUT2D eigenvalue weighted by Crippen LogP contribution is 2.38. The van der Waals surface area contributed by atoms with Gasteiger partial charge in [-0.1, -0.05) is 6.07 Å². The van der Waals surface area contributed by atoms with Gasteiger partial charge in [0, 0.05) is 0 Å². The van der Waals surface area contributed by atoms with Crippen LogP contribution in [-0.4, -0.2) is 38.8 Å². The van der Waals surface area contributed by atoms with Crippen LogP contribution in [0.4, 0.5) is 5.69 Å². The average Bonchev–Trinajstić information content (AvgIpc) is 2.36. The van der Waals surface area contributed by atoms with Gasteiger partial charge in [0.2, 0.25) is 0 Å². The lowest BCUT2D eigenvalue weighted by Crippen LogP contribution is -2.53. The van der Waals surface area contributed by atoms with Crippen molar-refractivity contribution in [3.63, 3.8) is 0 Å². The number of hydrogen-bond donors (Lipinski definition) is 1. The van der Waals surface area contributed by atoms with Crippen LogP contribution in [0.5, 0.6) is 5.75 Å². The Morgan fingerprint density at radius 2 is 2.21 bits per heavy atom. The van der Waals surface area contributed by atoms with Gasteiger partial charge < -0.3 is 19.5 Å². The summed E-state index contributed by atoms with van der Waals surface area (Å²) < 4.78 is 15.3. The molecule has 2 heterocycles. The van der Waals surface area contributed by atoms with Crippen LogP contribution < -0.4 is 10.1 Å². The molecular weight excluding hydrogens is 250 g/mol. The summed E-state index contributed by atoms with van der Waals surface area (Å²) >= 11 is 0. The van der Waals surface area contributed by atoms with E-state index in [9.17, 15) is 9.59 Å². The number of amides is 1. The van der Waals surface area contributed by atoms with Crippen LogP contribution in [0.1, 0.15) is 5.56 Å². The second-order valence-electron chi connectivity index (χ2n) is 4.61. The number of hydrogen-bond acceptors (Lipinski definition) is 5. The monoisotopic (exact) mass is 263 g/mol. The molecule has 19 heavy (non-hydrogen) atoms. The Bertz CT molecular complexity index is 550. The molecule has 100 valence electrons. The van der Waals surface area contributed by atoms with Crippen LogP contribution in [0.2, 0.25) is 0 Å². The molecule has 2 aliphatic rings. The van der Waals surface area contributed by atoms with Gasteiger partial charge in [-0.2, -0.15) is 0 Å². The molecule has 1 aromatic carbocycles. The lowest BCUT2D eigenvalue weighted by molar-refractivity contribution is -0.166.